The normalized spacial score (nSPS) is 14.4. The Bertz CT molecular complexity index is 381. The van der Waals surface area contributed by atoms with E-state index in [0.29, 0.717) is 13.1 Å². The van der Waals surface area contributed by atoms with E-state index in [4.69, 9.17) is 9.84 Å². The minimum Gasteiger partial charge on any atom is -0.447 e. The van der Waals surface area contributed by atoms with Crippen LogP contribution < -0.4 is 0 Å². The van der Waals surface area contributed by atoms with Crippen LogP contribution >= 0.6 is 0 Å². The molecule has 0 bridgehead atoms. The molecule has 0 saturated carbocycles. The molecule has 1 aromatic heterocycles. The standard InChI is InChI=1S/C11H14N2O3/c14-6-7-16-11(15)13-5-3-10-9(8-13)2-1-4-12-10/h1-2,4,14H,3,5-8H2. The van der Waals surface area contributed by atoms with E-state index in [9.17, 15) is 4.79 Å². The maximum atomic E-state index is 11.5. The van der Waals surface area contributed by atoms with Gasteiger partial charge in [0.1, 0.15) is 6.61 Å². The number of nitrogens with zero attached hydrogens (tertiary/aromatic N) is 2. The van der Waals surface area contributed by atoms with Crippen molar-refractivity contribution < 1.29 is 14.6 Å². The molecule has 0 aromatic carbocycles. The van der Waals surface area contributed by atoms with Crippen molar-refractivity contribution >= 4 is 6.09 Å². The summed E-state index contributed by atoms with van der Waals surface area (Å²) < 4.78 is 4.86. The number of ether oxygens (including phenoxy) is 1. The van der Waals surface area contributed by atoms with Crippen LogP contribution in [0.5, 0.6) is 0 Å². The van der Waals surface area contributed by atoms with Gasteiger partial charge in [-0.25, -0.2) is 4.79 Å². The molecule has 5 nitrogen and oxygen atoms in total. The Hall–Kier alpha value is -1.62. The summed E-state index contributed by atoms with van der Waals surface area (Å²) in [5, 5.41) is 8.57. The van der Waals surface area contributed by atoms with Crippen molar-refractivity contribution in [2.75, 3.05) is 19.8 Å². The van der Waals surface area contributed by atoms with E-state index < -0.39 is 0 Å². The molecule has 1 aliphatic heterocycles. The van der Waals surface area contributed by atoms with E-state index in [0.717, 1.165) is 17.7 Å². The van der Waals surface area contributed by atoms with Crippen molar-refractivity contribution in [1.29, 1.82) is 0 Å². The van der Waals surface area contributed by atoms with Gasteiger partial charge in [0, 0.05) is 24.9 Å². The average molecular weight is 222 g/mol. The van der Waals surface area contributed by atoms with Crippen molar-refractivity contribution in [3.63, 3.8) is 0 Å². The molecule has 0 aliphatic carbocycles. The molecule has 1 amide bonds. The van der Waals surface area contributed by atoms with Crippen LogP contribution in [0.25, 0.3) is 0 Å². The van der Waals surface area contributed by atoms with Gasteiger partial charge in [-0.1, -0.05) is 6.07 Å². The molecule has 1 aliphatic rings. The second kappa shape index (κ2) is 4.94. The SMILES string of the molecule is O=C(OCCO)N1CCc2ncccc2C1. The lowest BCUT2D eigenvalue weighted by molar-refractivity contribution is 0.0803. The lowest BCUT2D eigenvalue weighted by atomic mass is 10.1. The zero-order valence-electron chi connectivity index (χ0n) is 8.93. The molecule has 2 rings (SSSR count). The topological polar surface area (TPSA) is 62.7 Å². The molecule has 0 unspecified atom stereocenters. The molecule has 5 heteroatoms. The zero-order valence-corrected chi connectivity index (χ0v) is 8.93. The first-order chi connectivity index (χ1) is 7.81. The number of fused-ring (bicyclic) bond motifs is 1. The smallest absolute Gasteiger partial charge is 0.410 e. The van der Waals surface area contributed by atoms with Gasteiger partial charge in [0.2, 0.25) is 0 Å². The van der Waals surface area contributed by atoms with Gasteiger partial charge in [0.15, 0.2) is 0 Å². The van der Waals surface area contributed by atoms with Crippen LogP contribution in [0.1, 0.15) is 11.3 Å². The number of hydrogen-bond donors (Lipinski definition) is 1. The summed E-state index contributed by atoms with van der Waals surface area (Å²) in [6.45, 7) is 1.06. The first-order valence-electron chi connectivity index (χ1n) is 5.26. The molecule has 1 N–H and O–H groups in total. The Morgan fingerprint density at radius 3 is 3.31 bits per heavy atom. The molecule has 0 fully saturated rings. The summed E-state index contributed by atoms with van der Waals surface area (Å²) in [4.78, 5) is 17.4. The van der Waals surface area contributed by atoms with E-state index in [2.05, 4.69) is 4.98 Å². The van der Waals surface area contributed by atoms with Crippen LogP contribution in [0.15, 0.2) is 18.3 Å². The second-order valence-corrected chi connectivity index (χ2v) is 3.62. The summed E-state index contributed by atoms with van der Waals surface area (Å²) in [7, 11) is 0. The van der Waals surface area contributed by atoms with Gasteiger partial charge in [-0.05, 0) is 11.6 Å². The number of hydrogen-bond acceptors (Lipinski definition) is 4. The lowest BCUT2D eigenvalue weighted by Crippen LogP contribution is -2.37. The number of carbonyl (C=O) groups excluding carboxylic acids is 1. The predicted molar refractivity (Wildman–Crippen MR) is 56.8 cm³/mol. The van der Waals surface area contributed by atoms with E-state index in [1.807, 2.05) is 12.1 Å². The minimum absolute atomic E-state index is 0.0508. The van der Waals surface area contributed by atoms with E-state index in [-0.39, 0.29) is 19.3 Å². The largest absolute Gasteiger partial charge is 0.447 e. The number of carbonyl (C=O) groups is 1. The van der Waals surface area contributed by atoms with Crippen molar-refractivity contribution in [3.05, 3.63) is 29.6 Å². The van der Waals surface area contributed by atoms with Gasteiger partial charge >= 0.3 is 6.09 Å². The van der Waals surface area contributed by atoms with Crippen LogP contribution in [-0.4, -0.2) is 40.8 Å². The summed E-state index contributed by atoms with van der Waals surface area (Å²) in [5.74, 6) is 0. The highest BCUT2D eigenvalue weighted by molar-refractivity contribution is 5.68. The fourth-order valence-electron chi connectivity index (χ4n) is 1.75. The Balaban J connectivity index is 1.99. The van der Waals surface area contributed by atoms with Crippen molar-refractivity contribution in [2.45, 2.75) is 13.0 Å². The lowest BCUT2D eigenvalue weighted by Gasteiger charge is -2.27. The van der Waals surface area contributed by atoms with Crippen LogP contribution in [0.2, 0.25) is 0 Å². The van der Waals surface area contributed by atoms with Crippen LogP contribution in [0, 0.1) is 0 Å². The minimum atomic E-state index is -0.372. The molecular formula is C11H14N2O3. The van der Waals surface area contributed by atoms with Gasteiger partial charge in [-0.2, -0.15) is 0 Å². The zero-order chi connectivity index (χ0) is 11.4. The first-order valence-corrected chi connectivity index (χ1v) is 5.26. The predicted octanol–water partition coefficient (Wildman–Crippen LogP) is 0.569. The monoisotopic (exact) mass is 222 g/mol. The Kier molecular flexibility index (Phi) is 3.36. The first kappa shape index (κ1) is 10.9. The fourth-order valence-corrected chi connectivity index (χ4v) is 1.75. The fraction of sp³-hybridized carbons (Fsp3) is 0.455. The third-order valence-electron chi connectivity index (χ3n) is 2.54. The number of aromatic nitrogens is 1. The highest BCUT2D eigenvalue weighted by Crippen LogP contribution is 2.16. The number of amides is 1. The van der Waals surface area contributed by atoms with Crippen LogP contribution in [0.3, 0.4) is 0 Å². The Morgan fingerprint density at radius 2 is 2.50 bits per heavy atom. The number of aliphatic hydroxyl groups is 1. The number of aliphatic hydroxyl groups excluding tert-OH is 1. The summed E-state index contributed by atoms with van der Waals surface area (Å²) >= 11 is 0. The third-order valence-corrected chi connectivity index (χ3v) is 2.54. The second-order valence-electron chi connectivity index (χ2n) is 3.62. The van der Waals surface area contributed by atoms with Crippen LogP contribution in [-0.2, 0) is 17.7 Å². The van der Waals surface area contributed by atoms with Gasteiger partial charge in [-0.15, -0.1) is 0 Å². The molecule has 86 valence electrons. The van der Waals surface area contributed by atoms with Crippen LogP contribution in [0.4, 0.5) is 4.79 Å². The quantitative estimate of drug-likeness (QED) is 0.794. The molecule has 0 radical (unpaired) electrons. The maximum absolute atomic E-state index is 11.5. The van der Waals surface area contributed by atoms with Gasteiger partial charge in [-0.3, -0.25) is 4.98 Å². The van der Waals surface area contributed by atoms with E-state index >= 15 is 0 Å². The van der Waals surface area contributed by atoms with Crippen molar-refractivity contribution in [1.82, 2.24) is 9.88 Å². The molecule has 0 saturated heterocycles. The molecule has 1 aromatic rings. The Labute approximate surface area is 93.7 Å². The Morgan fingerprint density at radius 1 is 1.62 bits per heavy atom. The van der Waals surface area contributed by atoms with E-state index in [1.165, 1.54) is 0 Å². The van der Waals surface area contributed by atoms with Crippen molar-refractivity contribution in [2.24, 2.45) is 0 Å². The number of rotatable bonds is 2. The molecule has 0 spiro atoms. The van der Waals surface area contributed by atoms with Crippen molar-refractivity contribution in [3.8, 4) is 0 Å². The average Bonchev–Trinajstić information content (AvgIpc) is 2.35. The van der Waals surface area contributed by atoms with Gasteiger partial charge in [0.05, 0.1) is 13.2 Å². The summed E-state index contributed by atoms with van der Waals surface area (Å²) in [6, 6.07) is 3.83. The van der Waals surface area contributed by atoms with E-state index in [1.54, 1.807) is 11.1 Å². The maximum Gasteiger partial charge on any atom is 0.410 e. The number of pyridine rings is 1. The molecule has 2 heterocycles. The summed E-state index contributed by atoms with van der Waals surface area (Å²) in [5.41, 5.74) is 2.11. The highest BCUT2D eigenvalue weighted by atomic mass is 16.6. The third kappa shape index (κ3) is 2.30. The molecular weight excluding hydrogens is 208 g/mol. The van der Waals surface area contributed by atoms with Gasteiger partial charge in [0.25, 0.3) is 0 Å². The molecule has 16 heavy (non-hydrogen) atoms. The van der Waals surface area contributed by atoms with Gasteiger partial charge < -0.3 is 14.7 Å². The highest BCUT2D eigenvalue weighted by Gasteiger charge is 2.21. The molecule has 0 atom stereocenters. The summed E-state index contributed by atoms with van der Waals surface area (Å²) in [6.07, 6.45) is 2.15.